The van der Waals surface area contributed by atoms with E-state index in [4.69, 9.17) is 9.47 Å². The minimum Gasteiger partial charge on any atom is -0.461 e. The molecule has 1 aromatic carbocycles. The molecule has 1 N–H and O–H groups in total. The molecule has 9 heteroatoms. The fraction of sp³-hybridized carbons (Fsp3) is 0.536. The number of nitrogens with zero attached hydrogens (tertiary/aromatic N) is 3. The van der Waals surface area contributed by atoms with E-state index in [0.29, 0.717) is 13.0 Å². The molecule has 1 spiro atoms. The van der Waals surface area contributed by atoms with Crippen molar-refractivity contribution < 1.29 is 29.0 Å². The molecular weight excluding hydrogens is 474 g/mol. The van der Waals surface area contributed by atoms with E-state index in [1.807, 2.05) is 36.4 Å². The molecule has 4 aliphatic rings. The Bertz CT molecular complexity index is 1130. The molecule has 4 aliphatic heterocycles. The SMILES string of the molecule is CCN(CC)c1ccc(N2CC=C[C@]34O[C@]5(C)C=CCOC(=O)[C@@H]5[C@H]3C(=O)N(CCCO)C4C2=O)cc1. The molecule has 4 heterocycles. The number of hydrogen-bond acceptors (Lipinski definition) is 7. The van der Waals surface area contributed by atoms with Crippen molar-refractivity contribution in [3.05, 3.63) is 48.6 Å². The molecule has 2 amide bonds. The van der Waals surface area contributed by atoms with Crippen LogP contribution < -0.4 is 9.80 Å². The maximum atomic E-state index is 14.3. The van der Waals surface area contributed by atoms with E-state index in [1.165, 1.54) is 4.90 Å². The number of anilines is 2. The number of amides is 2. The van der Waals surface area contributed by atoms with Crippen LogP contribution in [0, 0.1) is 11.8 Å². The lowest BCUT2D eigenvalue weighted by Crippen LogP contribution is -2.56. The molecule has 1 unspecified atom stereocenters. The summed E-state index contributed by atoms with van der Waals surface area (Å²) in [6.07, 6.45) is 7.49. The van der Waals surface area contributed by atoms with E-state index in [0.717, 1.165) is 24.5 Å². The second-order valence-electron chi connectivity index (χ2n) is 10.2. The van der Waals surface area contributed by atoms with Gasteiger partial charge in [-0.2, -0.15) is 0 Å². The lowest BCUT2D eigenvalue weighted by Gasteiger charge is -2.37. The highest BCUT2D eigenvalue weighted by atomic mass is 16.6. The van der Waals surface area contributed by atoms with Crippen LogP contribution in [0.4, 0.5) is 11.4 Å². The first-order valence-electron chi connectivity index (χ1n) is 13.1. The Morgan fingerprint density at radius 1 is 1.03 bits per heavy atom. The van der Waals surface area contributed by atoms with Gasteiger partial charge in [-0.05, 0) is 57.5 Å². The van der Waals surface area contributed by atoms with Gasteiger partial charge in [0.15, 0.2) is 0 Å². The van der Waals surface area contributed by atoms with Gasteiger partial charge in [0.25, 0.3) is 5.91 Å². The maximum Gasteiger partial charge on any atom is 0.313 e. The third-order valence-electron chi connectivity index (χ3n) is 8.16. The second kappa shape index (κ2) is 9.61. The number of carbonyl (C=O) groups is 3. The van der Waals surface area contributed by atoms with Crippen LogP contribution in [0.1, 0.15) is 27.2 Å². The number of benzene rings is 1. The summed E-state index contributed by atoms with van der Waals surface area (Å²) in [5, 5.41) is 9.51. The Labute approximate surface area is 217 Å². The van der Waals surface area contributed by atoms with Gasteiger partial charge in [0.1, 0.15) is 24.2 Å². The van der Waals surface area contributed by atoms with Gasteiger partial charge >= 0.3 is 5.97 Å². The molecule has 5 atom stereocenters. The summed E-state index contributed by atoms with van der Waals surface area (Å²) in [6.45, 7) is 8.22. The molecule has 0 saturated carbocycles. The van der Waals surface area contributed by atoms with Gasteiger partial charge in [0, 0.05) is 44.2 Å². The molecular formula is C28H35N3O6. The molecule has 0 aromatic heterocycles. The number of aliphatic hydroxyl groups is 1. The first-order valence-corrected chi connectivity index (χ1v) is 13.1. The highest BCUT2D eigenvalue weighted by Crippen LogP contribution is 2.57. The van der Waals surface area contributed by atoms with Gasteiger partial charge in [-0.1, -0.05) is 18.2 Å². The Hall–Kier alpha value is -3.17. The van der Waals surface area contributed by atoms with E-state index in [1.54, 1.807) is 24.0 Å². The Kier molecular flexibility index (Phi) is 6.62. The van der Waals surface area contributed by atoms with Crippen molar-refractivity contribution in [2.75, 3.05) is 49.2 Å². The van der Waals surface area contributed by atoms with E-state index in [9.17, 15) is 19.5 Å². The molecule has 5 rings (SSSR count). The molecule has 0 radical (unpaired) electrons. The quantitative estimate of drug-likeness (QED) is 0.443. The van der Waals surface area contributed by atoms with Crippen LogP contribution in [0.2, 0.25) is 0 Å². The summed E-state index contributed by atoms with van der Waals surface area (Å²) in [6, 6.07) is 6.87. The first kappa shape index (κ1) is 25.5. The van der Waals surface area contributed by atoms with Crippen molar-refractivity contribution in [1.29, 1.82) is 0 Å². The lowest BCUT2D eigenvalue weighted by atomic mass is 9.75. The zero-order valence-electron chi connectivity index (χ0n) is 21.6. The van der Waals surface area contributed by atoms with Crippen molar-refractivity contribution in [3.8, 4) is 0 Å². The molecule has 37 heavy (non-hydrogen) atoms. The average Bonchev–Trinajstić information content (AvgIpc) is 3.14. The summed E-state index contributed by atoms with van der Waals surface area (Å²) in [5.74, 6) is -2.87. The number of cyclic esters (lactones) is 1. The number of aliphatic hydroxyl groups excluding tert-OH is 1. The van der Waals surface area contributed by atoms with Crippen molar-refractivity contribution in [2.24, 2.45) is 11.8 Å². The average molecular weight is 510 g/mol. The fourth-order valence-corrected chi connectivity index (χ4v) is 6.50. The maximum absolute atomic E-state index is 14.3. The summed E-state index contributed by atoms with van der Waals surface area (Å²) >= 11 is 0. The zero-order chi connectivity index (χ0) is 26.4. The number of carbonyl (C=O) groups excluding carboxylic acids is 3. The molecule has 0 bridgehead atoms. The molecule has 2 fully saturated rings. The molecule has 198 valence electrons. The van der Waals surface area contributed by atoms with Crippen LogP contribution in [-0.4, -0.2) is 84.4 Å². The van der Waals surface area contributed by atoms with Gasteiger partial charge in [0.05, 0.1) is 11.5 Å². The Morgan fingerprint density at radius 2 is 1.76 bits per heavy atom. The van der Waals surface area contributed by atoms with Crippen LogP contribution in [0.25, 0.3) is 0 Å². The predicted octanol–water partition coefficient (Wildman–Crippen LogP) is 1.90. The number of rotatable bonds is 7. The van der Waals surface area contributed by atoms with Gasteiger partial charge < -0.3 is 29.3 Å². The minimum absolute atomic E-state index is 0.117. The summed E-state index contributed by atoms with van der Waals surface area (Å²) in [5.41, 5.74) is -0.611. The van der Waals surface area contributed by atoms with Crippen molar-refractivity contribution in [1.82, 2.24) is 4.90 Å². The van der Waals surface area contributed by atoms with E-state index in [-0.39, 0.29) is 31.6 Å². The van der Waals surface area contributed by atoms with Crippen LogP contribution in [0.3, 0.4) is 0 Å². The van der Waals surface area contributed by atoms with Crippen molar-refractivity contribution >= 4 is 29.2 Å². The van der Waals surface area contributed by atoms with Crippen molar-refractivity contribution in [2.45, 2.75) is 44.4 Å². The number of esters is 1. The Morgan fingerprint density at radius 3 is 2.43 bits per heavy atom. The highest BCUT2D eigenvalue weighted by molar-refractivity contribution is 6.05. The van der Waals surface area contributed by atoms with E-state index >= 15 is 0 Å². The third-order valence-corrected chi connectivity index (χ3v) is 8.16. The van der Waals surface area contributed by atoms with Crippen LogP contribution in [-0.2, 0) is 23.9 Å². The zero-order valence-corrected chi connectivity index (χ0v) is 21.6. The normalized spacial score (nSPS) is 32.5. The van der Waals surface area contributed by atoms with Crippen LogP contribution >= 0.6 is 0 Å². The Balaban J connectivity index is 1.56. The number of hydrogen-bond donors (Lipinski definition) is 1. The van der Waals surface area contributed by atoms with Gasteiger partial charge in [-0.25, -0.2) is 0 Å². The smallest absolute Gasteiger partial charge is 0.313 e. The fourth-order valence-electron chi connectivity index (χ4n) is 6.50. The predicted molar refractivity (Wildman–Crippen MR) is 138 cm³/mol. The standard InChI is InChI=1S/C28H35N3O6/c1-4-29(5-2)19-9-11-20(12-10-19)30-15-6-14-28-21(22-26(35)36-18-7-13-27(22,3)37-28)24(33)31(16-8-17-32)23(28)25(30)34/h6-7,9-14,21-23,32H,4-5,8,15-18H2,1-3H3/t21-,22-,23?,27+,28-/m0/s1. The second-order valence-corrected chi connectivity index (χ2v) is 10.2. The summed E-state index contributed by atoms with van der Waals surface area (Å²) < 4.78 is 12.0. The van der Waals surface area contributed by atoms with Crippen molar-refractivity contribution in [3.63, 3.8) is 0 Å². The molecule has 2 saturated heterocycles. The van der Waals surface area contributed by atoms with E-state index < -0.39 is 35.0 Å². The summed E-state index contributed by atoms with van der Waals surface area (Å²) in [7, 11) is 0. The monoisotopic (exact) mass is 509 g/mol. The highest BCUT2D eigenvalue weighted by Gasteiger charge is 2.74. The molecule has 1 aromatic rings. The van der Waals surface area contributed by atoms with Crippen LogP contribution in [0.5, 0.6) is 0 Å². The van der Waals surface area contributed by atoms with Gasteiger partial charge in [-0.15, -0.1) is 0 Å². The topological polar surface area (TPSA) is 99.6 Å². The van der Waals surface area contributed by atoms with Crippen LogP contribution in [0.15, 0.2) is 48.6 Å². The number of likely N-dealkylation sites (tertiary alicyclic amines) is 1. The van der Waals surface area contributed by atoms with Gasteiger partial charge in [0.2, 0.25) is 5.91 Å². The first-order chi connectivity index (χ1) is 17.8. The van der Waals surface area contributed by atoms with E-state index in [2.05, 4.69) is 18.7 Å². The largest absolute Gasteiger partial charge is 0.461 e. The number of ether oxygens (including phenoxy) is 2. The summed E-state index contributed by atoms with van der Waals surface area (Å²) in [4.78, 5) is 46.7. The number of fused-ring (bicyclic) bond motifs is 2. The minimum atomic E-state index is -1.32. The third kappa shape index (κ3) is 3.87. The lowest BCUT2D eigenvalue weighted by molar-refractivity contribution is -0.156. The molecule has 9 nitrogen and oxygen atoms in total. The van der Waals surface area contributed by atoms with Gasteiger partial charge in [-0.3, -0.25) is 14.4 Å². The molecule has 0 aliphatic carbocycles.